The van der Waals surface area contributed by atoms with Crippen molar-refractivity contribution in [2.45, 2.75) is 25.4 Å². The minimum Gasteiger partial charge on any atom is -0.480 e. The number of hydrogen-bond acceptors (Lipinski definition) is 5. The molecule has 128 valence electrons. The standard InChI is InChI=1S/C14H17N5O5/c1-16-7-15-11-10(16)12(21)19(14(24)17(11)2)6-9(20)18-5-3-4-8(18)13(22)23/h7-8H,3-6H2,1-2H3,(H,22,23)/t8-/m1/s1. The summed E-state index contributed by atoms with van der Waals surface area (Å²) in [4.78, 5) is 53.8. The molecule has 0 aromatic carbocycles. The van der Waals surface area contributed by atoms with E-state index in [2.05, 4.69) is 4.98 Å². The van der Waals surface area contributed by atoms with Crippen molar-refractivity contribution in [1.82, 2.24) is 23.6 Å². The van der Waals surface area contributed by atoms with Crippen LogP contribution >= 0.6 is 0 Å². The van der Waals surface area contributed by atoms with Crippen molar-refractivity contribution in [2.24, 2.45) is 14.1 Å². The van der Waals surface area contributed by atoms with E-state index in [0.717, 1.165) is 4.57 Å². The van der Waals surface area contributed by atoms with Gasteiger partial charge in [0.25, 0.3) is 5.56 Å². The van der Waals surface area contributed by atoms with Gasteiger partial charge in [0, 0.05) is 20.6 Å². The van der Waals surface area contributed by atoms with Gasteiger partial charge in [0.15, 0.2) is 11.2 Å². The van der Waals surface area contributed by atoms with Crippen LogP contribution in [-0.2, 0) is 30.2 Å². The van der Waals surface area contributed by atoms with Crippen molar-refractivity contribution in [3.8, 4) is 0 Å². The zero-order valence-electron chi connectivity index (χ0n) is 13.3. The predicted octanol–water partition coefficient (Wildman–Crippen LogP) is -1.49. The van der Waals surface area contributed by atoms with Crippen LogP contribution in [0, 0.1) is 0 Å². The lowest BCUT2D eigenvalue weighted by atomic mass is 10.2. The fourth-order valence-electron chi connectivity index (χ4n) is 3.08. The second-order valence-electron chi connectivity index (χ2n) is 5.84. The molecule has 0 aliphatic carbocycles. The lowest BCUT2D eigenvalue weighted by Gasteiger charge is -2.21. The lowest BCUT2D eigenvalue weighted by Crippen LogP contribution is -2.47. The van der Waals surface area contributed by atoms with Crippen LogP contribution in [0.25, 0.3) is 11.2 Å². The molecule has 1 N–H and O–H groups in total. The number of imidazole rings is 1. The van der Waals surface area contributed by atoms with Crippen LogP contribution < -0.4 is 11.2 Å². The van der Waals surface area contributed by atoms with E-state index in [4.69, 9.17) is 5.11 Å². The number of likely N-dealkylation sites (tertiary alicyclic amines) is 1. The Hall–Kier alpha value is -2.91. The molecule has 1 atom stereocenters. The average Bonchev–Trinajstić information content (AvgIpc) is 3.16. The van der Waals surface area contributed by atoms with E-state index in [9.17, 15) is 19.2 Å². The molecule has 1 aliphatic rings. The van der Waals surface area contributed by atoms with Gasteiger partial charge in [-0.15, -0.1) is 0 Å². The lowest BCUT2D eigenvalue weighted by molar-refractivity contribution is -0.148. The smallest absolute Gasteiger partial charge is 0.332 e. The van der Waals surface area contributed by atoms with Crippen LogP contribution in [-0.4, -0.2) is 53.2 Å². The van der Waals surface area contributed by atoms with Crippen LogP contribution in [0.5, 0.6) is 0 Å². The molecule has 0 saturated carbocycles. The first kappa shape index (κ1) is 16.0. The van der Waals surface area contributed by atoms with Crippen molar-refractivity contribution < 1.29 is 14.7 Å². The molecule has 3 heterocycles. The van der Waals surface area contributed by atoms with Crippen molar-refractivity contribution in [3.05, 3.63) is 27.2 Å². The number of fused-ring (bicyclic) bond motifs is 1. The Morgan fingerprint density at radius 1 is 1.33 bits per heavy atom. The summed E-state index contributed by atoms with van der Waals surface area (Å²) in [6.45, 7) is -0.185. The quantitative estimate of drug-likeness (QED) is 0.730. The number of hydrogen-bond donors (Lipinski definition) is 1. The van der Waals surface area contributed by atoms with Gasteiger partial charge in [-0.25, -0.2) is 19.1 Å². The van der Waals surface area contributed by atoms with Gasteiger partial charge in [-0.2, -0.15) is 0 Å². The SMILES string of the molecule is Cn1cnc2c1c(=O)n(CC(=O)N1CCC[C@@H]1C(=O)O)c(=O)n2C. The number of carboxylic acid groups (broad SMARTS) is 1. The summed E-state index contributed by atoms with van der Waals surface area (Å²) in [6.07, 6.45) is 2.36. The maximum Gasteiger partial charge on any atom is 0.332 e. The van der Waals surface area contributed by atoms with Crippen LogP contribution in [0.15, 0.2) is 15.9 Å². The van der Waals surface area contributed by atoms with E-state index in [0.29, 0.717) is 19.4 Å². The van der Waals surface area contributed by atoms with Gasteiger partial charge in [0.2, 0.25) is 5.91 Å². The predicted molar refractivity (Wildman–Crippen MR) is 82.6 cm³/mol. The molecule has 2 aromatic rings. The largest absolute Gasteiger partial charge is 0.480 e. The van der Waals surface area contributed by atoms with Gasteiger partial charge >= 0.3 is 11.7 Å². The van der Waals surface area contributed by atoms with Gasteiger partial charge in [0.05, 0.1) is 6.33 Å². The second-order valence-corrected chi connectivity index (χ2v) is 5.84. The van der Waals surface area contributed by atoms with Gasteiger partial charge in [0.1, 0.15) is 12.6 Å². The molecule has 10 heteroatoms. The number of amides is 1. The third-order valence-corrected chi connectivity index (χ3v) is 4.35. The minimum atomic E-state index is -1.08. The Bertz CT molecular complexity index is 953. The highest BCUT2D eigenvalue weighted by molar-refractivity contribution is 5.84. The highest BCUT2D eigenvalue weighted by Gasteiger charge is 2.34. The van der Waals surface area contributed by atoms with E-state index < -0.39 is 35.7 Å². The third kappa shape index (κ3) is 2.30. The van der Waals surface area contributed by atoms with Gasteiger partial charge < -0.3 is 14.6 Å². The Morgan fingerprint density at radius 2 is 2.04 bits per heavy atom. The average molecular weight is 335 g/mol. The number of carbonyl (C=O) groups is 2. The molecule has 24 heavy (non-hydrogen) atoms. The van der Waals surface area contributed by atoms with Crippen LogP contribution in [0.2, 0.25) is 0 Å². The molecule has 0 unspecified atom stereocenters. The maximum absolute atomic E-state index is 12.6. The number of carbonyl (C=O) groups excluding carboxylic acids is 1. The number of aliphatic carboxylic acids is 1. The van der Waals surface area contributed by atoms with Gasteiger partial charge in [-0.05, 0) is 12.8 Å². The minimum absolute atomic E-state index is 0.209. The van der Waals surface area contributed by atoms with E-state index in [1.54, 1.807) is 7.05 Å². The van der Waals surface area contributed by atoms with E-state index in [1.165, 1.54) is 27.4 Å². The summed E-state index contributed by atoms with van der Waals surface area (Å²) in [6, 6.07) is -0.905. The molecule has 0 spiro atoms. The zero-order valence-corrected chi connectivity index (χ0v) is 13.3. The van der Waals surface area contributed by atoms with E-state index >= 15 is 0 Å². The Balaban J connectivity index is 2.03. The van der Waals surface area contributed by atoms with Crippen molar-refractivity contribution in [2.75, 3.05) is 6.54 Å². The molecule has 1 fully saturated rings. The van der Waals surface area contributed by atoms with Crippen LogP contribution in [0.3, 0.4) is 0 Å². The Labute approximate surface area is 135 Å². The molecular formula is C14H17N5O5. The molecular weight excluding hydrogens is 318 g/mol. The Kier molecular flexibility index (Phi) is 3.74. The summed E-state index contributed by atoms with van der Waals surface area (Å²) in [5, 5.41) is 9.16. The summed E-state index contributed by atoms with van der Waals surface area (Å²) >= 11 is 0. The summed E-state index contributed by atoms with van der Waals surface area (Å²) in [5.41, 5.74) is -0.833. The van der Waals surface area contributed by atoms with Crippen LogP contribution in [0.1, 0.15) is 12.8 Å². The fraction of sp³-hybridized carbons (Fsp3) is 0.500. The van der Waals surface area contributed by atoms with E-state index in [-0.39, 0.29) is 11.2 Å². The monoisotopic (exact) mass is 335 g/mol. The fourth-order valence-corrected chi connectivity index (χ4v) is 3.08. The molecule has 1 saturated heterocycles. The molecule has 0 bridgehead atoms. The summed E-state index contributed by atoms with van der Waals surface area (Å²) < 4.78 is 3.50. The first-order valence-electron chi connectivity index (χ1n) is 7.46. The van der Waals surface area contributed by atoms with Crippen molar-refractivity contribution >= 4 is 23.0 Å². The van der Waals surface area contributed by atoms with Crippen LogP contribution in [0.4, 0.5) is 0 Å². The van der Waals surface area contributed by atoms with E-state index in [1.807, 2.05) is 0 Å². The normalized spacial score (nSPS) is 17.6. The molecule has 3 rings (SSSR count). The molecule has 10 nitrogen and oxygen atoms in total. The molecule has 2 aromatic heterocycles. The van der Waals surface area contributed by atoms with Gasteiger partial charge in [-0.3, -0.25) is 14.2 Å². The third-order valence-electron chi connectivity index (χ3n) is 4.35. The number of aromatic nitrogens is 4. The first-order valence-corrected chi connectivity index (χ1v) is 7.46. The number of carboxylic acids is 1. The maximum atomic E-state index is 12.6. The number of rotatable bonds is 3. The van der Waals surface area contributed by atoms with Crippen molar-refractivity contribution in [3.63, 3.8) is 0 Å². The highest BCUT2D eigenvalue weighted by Crippen LogP contribution is 2.17. The number of aryl methyl sites for hydroxylation is 2. The summed E-state index contributed by atoms with van der Waals surface area (Å²) in [7, 11) is 3.09. The zero-order chi connectivity index (χ0) is 17.6. The first-order chi connectivity index (χ1) is 11.3. The molecule has 1 amide bonds. The Morgan fingerprint density at radius 3 is 2.71 bits per heavy atom. The second kappa shape index (κ2) is 5.62. The topological polar surface area (TPSA) is 119 Å². The highest BCUT2D eigenvalue weighted by atomic mass is 16.4. The molecule has 1 aliphatic heterocycles. The molecule has 0 radical (unpaired) electrons. The summed E-state index contributed by atoms with van der Waals surface area (Å²) in [5.74, 6) is -1.64. The van der Waals surface area contributed by atoms with Gasteiger partial charge in [-0.1, -0.05) is 0 Å². The number of nitrogens with zero attached hydrogens (tertiary/aromatic N) is 5. The van der Waals surface area contributed by atoms with Crippen molar-refractivity contribution in [1.29, 1.82) is 0 Å².